The molecule has 0 radical (unpaired) electrons. The number of carboxylic acid groups (broad SMARTS) is 1. The first-order valence-corrected chi connectivity index (χ1v) is 8.80. The molecule has 1 amide bonds. The second-order valence-corrected chi connectivity index (χ2v) is 6.82. The van der Waals surface area contributed by atoms with E-state index in [1.165, 1.54) is 5.56 Å². The van der Waals surface area contributed by atoms with Crippen molar-refractivity contribution in [2.45, 2.75) is 44.1 Å². The summed E-state index contributed by atoms with van der Waals surface area (Å²) in [4.78, 5) is 25.8. The number of ether oxygens (including phenoxy) is 1. The van der Waals surface area contributed by atoms with Crippen LogP contribution in [0.3, 0.4) is 0 Å². The van der Waals surface area contributed by atoms with Crippen LogP contribution in [-0.4, -0.2) is 47.7 Å². The van der Waals surface area contributed by atoms with E-state index in [0.717, 1.165) is 32.1 Å². The van der Waals surface area contributed by atoms with E-state index in [1.54, 1.807) is 4.90 Å². The summed E-state index contributed by atoms with van der Waals surface area (Å²) in [5.74, 6) is -0.575. The highest BCUT2D eigenvalue weighted by Gasteiger charge is 2.36. The predicted octanol–water partition coefficient (Wildman–Crippen LogP) is 2.66. The molecule has 1 N–H and O–H groups in total. The van der Waals surface area contributed by atoms with Crippen LogP contribution in [0.1, 0.15) is 43.6 Å². The Morgan fingerprint density at radius 3 is 2.46 bits per heavy atom. The van der Waals surface area contributed by atoms with Gasteiger partial charge in [-0.3, -0.25) is 9.59 Å². The summed E-state index contributed by atoms with van der Waals surface area (Å²) in [6.45, 7) is 1.01. The SMILES string of the molecule is O=C(O)CN(C(=O)[C@@H]1CC[C@@H](c2ccccc2)C1)C1CCOCC1. The number of hydrogen-bond acceptors (Lipinski definition) is 3. The summed E-state index contributed by atoms with van der Waals surface area (Å²) in [6.07, 6.45) is 4.12. The minimum atomic E-state index is -0.938. The lowest BCUT2D eigenvalue weighted by molar-refractivity contribution is -0.149. The molecule has 1 aliphatic heterocycles. The van der Waals surface area contributed by atoms with Crippen molar-refractivity contribution in [2.75, 3.05) is 19.8 Å². The van der Waals surface area contributed by atoms with Crippen molar-refractivity contribution in [3.63, 3.8) is 0 Å². The van der Waals surface area contributed by atoms with Gasteiger partial charge in [-0.2, -0.15) is 0 Å². The number of amides is 1. The van der Waals surface area contributed by atoms with Crippen LogP contribution in [0, 0.1) is 5.92 Å². The maximum Gasteiger partial charge on any atom is 0.323 e. The van der Waals surface area contributed by atoms with Gasteiger partial charge in [-0.15, -0.1) is 0 Å². The van der Waals surface area contributed by atoms with Gasteiger partial charge in [-0.05, 0) is 43.6 Å². The lowest BCUT2D eigenvalue weighted by Gasteiger charge is -2.34. The predicted molar refractivity (Wildman–Crippen MR) is 89.7 cm³/mol. The van der Waals surface area contributed by atoms with Crippen molar-refractivity contribution in [2.24, 2.45) is 5.92 Å². The summed E-state index contributed by atoms with van der Waals surface area (Å²) in [6, 6.07) is 10.3. The fourth-order valence-corrected chi connectivity index (χ4v) is 4.00. The molecule has 1 aromatic rings. The molecule has 0 spiro atoms. The Kier molecular flexibility index (Phi) is 5.51. The third-order valence-corrected chi connectivity index (χ3v) is 5.27. The molecule has 1 aliphatic carbocycles. The number of benzene rings is 1. The quantitative estimate of drug-likeness (QED) is 0.901. The maximum atomic E-state index is 13.0. The van der Waals surface area contributed by atoms with E-state index in [2.05, 4.69) is 12.1 Å². The molecule has 1 saturated heterocycles. The van der Waals surface area contributed by atoms with Crippen LogP contribution >= 0.6 is 0 Å². The highest BCUT2D eigenvalue weighted by molar-refractivity contribution is 5.83. The van der Waals surface area contributed by atoms with Gasteiger partial charge < -0.3 is 14.7 Å². The number of hydrogen-bond donors (Lipinski definition) is 1. The molecule has 0 aromatic heterocycles. The molecule has 2 atom stereocenters. The molecule has 130 valence electrons. The van der Waals surface area contributed by atoms with Gasteiger partial charge in [0.25, 0.3) is 0 Å². The molecular formula is C19H25NO4. The van der Waals surface area contributed by atoms with Crippen molar-refractivity contribution in [1.29, 1.82) is 0 Å². The Labute approximate surface area is 142 Å². The van der Waals surface area contributed by atoms with Gasteiger partial charge in [-0.1, -0.05) is 30.3 Å². The fourth-order valence-electron chi connectivity index (χ4n) is 4.00. The monoisotopic (exact) mass is 331 g/mol. The Morgan fingerprint density at radius 1 is 1.08 bits per heavy atom. The van der Waals surface area contributed by atoms with Crippen molar-refractivity contribution in [3.05, 3.63) is 35.9 Å². The molecule has 0 bridgehead atoms. The molecule has 0 unspecified atom stereocenters. The number of carbonyl (C=O) groups excluding carboxylic acids is 1. The summed E-state index contributed by atoms with van der Waals surface area (Å²) in [7, 11) is 0. The van der Waals surface area contributed by atoms with Crippen LogP contribution in [0.5, 0.6) is 0 Å². The van der Waals surface area contributed by atoms with Crippen LogP contribution in [0.2, 0.25) is 0 Å². The number of aliphatic carboxylic acids is 1. The zero-order valence-electron chi connectivity index (χ0n) is 13.9. The van der Waals surface area contributed by atoms with Gasteiger partial charge in [0.05, 0.1) is 0 Å². The Balaban J connectivity index is 1.67. The molecule has 2 fully saturated rings. The number of carboxylic acids is 1. The smallest absolute Gasteiger partial charge is 0.323 e. The molecule has 5 heteroatoms. The van der Waals surface area contributed by atoms with E-state index < -0.39 is 5.97 Å². The molecule has 24 heavy (non-hydrogen) atoms. The number of carbonyl (C=O) groups is 2. The summed E-state index contributed by atoms with van der Waals surface area (Å²) >= 11 is 0. The van der Waals surface area contributed by atoms with Gasteiger partial charge in [0, 0.05) is 25.2 Å². The minimum Gasteiger partial charge on any atom is -0.480 e. The third-order valence-electron chi connectivity index (χ3n) is 5.27. The van der Waals surface area contributed by atoms with Crippen molar-refractivity contribution < 1.29 is 19.4 Å². The van der Waals surface area contributed by atoms with Gasteiger partial charge in [0.15, 0.2) is 0 Å². The van der Waals surface area contributed by atoms with Crippen LogP contribution in [0.4, 0.5) is 0 Å². The maximum absolute atomic E-state index is 13.0. The Bertz CT molecular complexity index is 568. The molecule has 2 aliphatic rings. The van der Waals surface area contributed by atoms with Crippen molar-refractivity contribution in [3.8, 4) is 0 Å². The van der Waals surface area contributed by atoms with Gasteiger partial charge in [0.2, 0.25) is 5.91 Å². The molecular weight excluding hydrogens is 306 g/mol. The van der Waals surface area contributed by atoms with Gasteiger partial charge in [-0.25, -0.2) is 0 Å². The first-order chi connectivity index (χ1) is 11.6. The van der Waals surface area contributed by atoms with Gasteiger partial charge in [0.1, 0.15) is 6.54 Å². The molecule has 5 nitrogen and oxygen atoms in total. The second-order valence-electron chi connectivity index (χ2n) is 6.82. The molecule has 1 saturated carbocycles. The third kappa shape index (κ3) is 3.96. The summed E-state index contributed by atoms with van der Waals surface area (Å²) in [5, 5.41) is 9.21. The molecule has 1 heterocycles. The average Bonchev–Trinajstić information content (AvgIpc) is 3.10. The van der Waals surface area contributed by atoms with Crippen LogP contribution in [0.15, 0.2) is 30.3 Å². The number of nitrogens with zero attached hydrogens (tertiary/aromatic N) is 1. The fraction of sp³-hybridized carbons (Fsp3) is 0.579. The van der Waals surface area contributed by atoms with Crippen LogP contribution in [-0.2, 0) is 14.3 Å². The van der Waals surface area contributed by atoms with Crippen LogP contribution in [0.25, 0.3) is 0 Å². The second kappa shape index (κ2) is 7.79. The average molecular weight is 331 g/mol. The van der Waals surface area contributed by atoms with E-state index in [1.807, 2.05) is 18.2 Å². The summed E-state index contributed by atoms with van der Waals surface area (Å²) in [5.41, 5.74) is 1.28. The standard InChI is InChI=1S/C19H25NO4/c21-18(22)13-20(17-8-10-24-11-9-17)19(23)16-7-6-15(12-16)14-4-2-1-3-5-14/h1-5,15-17H,6-13H2,(H,21,22)/t15-,16-/m1/s1. The van der Waals surface area contributed by atoms with Crippen molar-refractivity contribution in [1.82, 2.24) is 4.90 Å². The topological polar surface area (TPSA) is 66.8 Å². The zero-order chi connectivity index (χ0) is 16.9. The first kappa shape index (κ1) is 17.0. The highest BCUT2D eigenvalue weighted by Crippen LogP contribution is 2.39. The van der Waals surface area contributed by atoms with Gasteiger partial charge >= 0.3 is 5.97 Å². The molecule has 3 rings (SSSR count). The first-order valence-electron chi connectivity index (χ1n) is 8.80. The lowest BCUT2D eigenvalue weighted by Crippen LogP contribution is -2.48. The summed E-state index contributed by atoms with van der Waals surface area (Å²) < 4.78 is 5.35. The lowest BCUT2D eigenvalue weighted by atomic mass is 9.95. The Hall–Kier alpha value is -1.88. The van der Waals surface area contributed by atoms with Crippen molar-refractivity contribution >= 4 is 11.9 Å². The normalized spacial score (nSPS) is 24.7. The largest absolute Gasteiger partial charge is 0.480 e. The van der Waals surface area contributed by atoms with Crippen LogP contribution < -0.4 is 0 Å². The number of rotatable bonds is 5. The zero-order valence-corrected chi connectivity index (χ0v) is 13.9. The van der Waals surface area contributed by atoms with E-state index >= 15 is 0 Å². The minimum absolute atomic E-state index is 0.00174. The van der Waals surface area contributed by atoms with E-state index in [9.17, 15) is 14.7 Å². The highest BCUT2D eigenvalue weighted by atomic mass is 16.5. The van der Waals surface area contributed by atoms with E-state index in [-0.39, 0.29) is 24.4 Å². The van der Waals surface area contributed by atoms with E-state index in [0.29, 0.717) is 19.1 Å². The Morgan fingerprint density at radius 2 is 1.79 bits per heavy atom. The van der Waals surface area contributed by atoms with E-state index in [4.69, 9.17) is 4.74 Å². The molecule has 1 aromatic carbocycles.